The molecule has 42 heavy (non-hydrogen) atoms. The molecule has 0 amide bonds. The molecule has 3 heterocycles. The van der Waals surface area contributed by atoms with Gasteiger partial charge in [0.25, 0.3) is 0 Å². The number of nitrogens with two attached hydrogens (primary N) is 1. The van der Waals surface area contributed by atoms with E-state index in [1.807, 2.05) is 0 Å². The highest BCUT2D eigenvalue weighted by Crippen LogP contribution is 2.38. The Morgan fingerprint density at radius 1 is 0.881 bits per heavy atom. The molecule has 0 aliphatic heterocycles. The third-order valence-electron chi connectivity index (χ3n) is 6.12. The number of nitrogens with zero attached hydrogens (tertiary/aromatic N) is 6. The predicted molar refractivity (Wildman–Crippen MR) is 139 cm³/mol. The molecule has 5 aromatic rings. The van der Waals surface area contributed by atoms with Crippen molar-refractivity contribution in [2.45, 2.75) is 18.9 Å². The summed E-state index contributed by atoms with van der Waals surface area (Å²) in [5.74, 6) is -0.620. The van der Waals surface area contributed by atoms with Gasteiger partial charge in [0.15, 0.2) is 5.78 Å². The fourth-order valence-corrected chi connectivity index (χ4v) is 4.47. The molecule has 15 heteroatoms. The number of hydrogen-bond acceptors (Lipinski definition) is 7. The van der Waals surface area contributed by atoms with E-state index in [2.05, 4.69) is 25.5 Å². The van der Waals surface area contributed by atoms with Crippen LogP contribution in [0.5, 0.6) is 0 Å². The second kappa shape index (κ2) is 10.9. The summed E-state index contributed by atoms with van der Waals surface area (Å²) in [6, 6.07) is 10.4. The number of anilines is 1. The number of pyridine rings is 1. The molecule has 0 atom stereocenters. The number of alkyl halides is 6. The van der Waals surface area contributed by atoms with Gasteiger partial charge in [0.05, 0.1) is 45.8 Å². The van der Waals surface area contributed by atoms with Crippen LogP contribution in [0.2, 0.25) is 5.02 Å². The lowest BCUT2D eigenvalue weighted by Crippen LogP contribution is -2.13. The van der Waals surface area contributed by atoms with Crippen LogP contribution in [0.25, 0.3) is 22.6 Å². The van der Waals surface area contributed by atoms with Crippen LogP contribution in [0.4, 0.5) is 32.0 Å². The van der Waals surface area contributed by atoms with Crippen molar-refractivity contribution in [2.24, 2.45) is 0 Å². The molecule has 0 fully saturated rings. The second-order valence-electron chi connectivity index (χ2n) is 8.93. The monoisotopic (exact) mass is 603 g/mol. The molecule has 2 aromatic carbocycles. The largest absolute Gasteiger partial charge is 0.416 e. The van der Waals surface area contributed by atoms with E-state index in [0.717, 1.165) is 10.9 Å². The zero-order valence-corrected chi connectivity index (χ0v) is 21.7. The van der Waals surface area contributed by atoms with Crippen LogP contribution < -0.4 is 5.73 Å². The molecule has 0 spiro atoms. The second-order valence-corrected chi connectivity index (χ2v) is 9.33. The first-order valence-electron chi connectivity index (χ1n) is 11.9. The van der Waals surface area contributed by atoms with E-state index in [9.17, 15) is 31.1 Å². The fraction of sp³-hybridized carbons (Fsp3) is 0.111. The van der Waals surface area contributed by atoms with Crippen LogP contribution in [0.3, 0.4) is 0 Å². The van der Waals surface area contributed by atoms with Crippen molar-refractivity contribution in [1.29, 1.82) is 0 Å². The zero-order valence-electron chi connectivity index (χ0n) is 20.9. The van der Waals surface area contributed by atoms with Gasteiger partial charge in [-0.15, -0.1) is 10.2 Å². The molecular weight excluding hydrogens is 588 g/mol. The summed E-state index contributed by atoms with van der Waals surface area (Å²) in [6.45, 7) is -0.554. The van der Waals surface area contributed by atoms with Crippen LogP contribution in [0.1, 0.15) is 32.6 Å². The Hall–Kier alpha value is -4.85. The average Bonchev–Trinajstić information content (AvgIpc) is 3.35. The summed E-state index contributed by atoms with van der Waals surface area (Å²) in [7, 11) is 0. The first-order valence-corrected chi connectivity index (χ1v) is 12.3. The Balaban J connectivity index is 1.70. The van der Waals surface area contributed by atoms with Gasteiger partial charge < -0.3 is 5.73 Å². The number of aromatic nitrogens is 6. The molecule has 0 saturated heterocycles. The van der Waals surface area contributed by atoms with E-state index in [1.54, 1.807) is 12.1 Å². The van der Waals surface area contributed by atoms with Crippen molar-refractivity contribution in [2.75, 3.05) is 5.73 Å². The molecule has 0 aliphatic carbocycles. The van der Waals surface area contributed by atoms with Crippen molar-refractivity contribution in [3.05, 3.63) is 106 Å². The number of hydrogen-bond donors (Lipinski definition) is 1. The minimum absolute atomic E-state index is 0.0367. The number of ketones is 1. The van der Waals surface area contributed by atoms with Gasteiger partial charge in [0, 0.05) is 23.5 Å². The Kier molecular flexibility index (Phi) is 7.41. The van der Waals surface area contributed by atoms with E-state index < -0.39 is 35.8 Å². The van der Waals surface area contributed by atoms with Crippen molar-refractivity contribution in [3.8, 4) is 22.6 Å². The molecule has 8 nitrogen and oxygen atoms in total. The van der Waals surface area contributed by atoms with E-state index in [0.29, 0.717) is 17.7 Å². The smallest absolute Gasteiger partial charge is 0.397 e. The highest BCUT2D eigenvalue weighted by Gasteiger charge is 2.37. The lowest BCUT2D eigenvalue weighted by Gasteiger charge is -2.15. The number of halogens is 7. The molecule has 0 radical (unpaired) electrons. The summed E-state index contributed by atoms with van der Waals surface area (Å²) >= 11 is 6.23. The van der Waals surface area contributed by atoms with Crippen LogP contribution in [-0.2, 0) is 18.9 Å². The Bertz CT molecular complexity index is 1760. The molecule has 0 saturated carbocycles. The molecule has 0 aliphatic rings. The number of rotatable bonds is 6. The summed E-state index contributed by atoms with van der Waals surface area (Å²) in [4.78, 5) is 17.5. The first kappa shape index (κ1) is 28.7. The molecule has 3 aromatic heterocycles. The van der Waals surface area contributed by atoms with E-state index >= 15 is 0 Å². The molecule has 0 bridgehead atoms. The number of carbonyl (C=O) groups excluding carboxylic acids is 1. The molecule has 214 valence electrons. The van der Waals surface area contributed by atoms with Crippen LogP contribution in [0.15, 0.2) is 73.2 Å². The summed E-state index contributed by atoms with van der Waals surface area (Å²) in [6.07, 6.45) is -6.12. The highest BCUT2D eigenvalue weighted by molar-refractivity contribution is 6.35. The molecular formula is C27H16ClF6N7O. The topological polar surface area (TPSA) is 112 Å². The standard InChI is InChI=1S/C27H16ClF6N7O/c28-19-4-2-1-3-18(19)25(42)21-20(35)12-37-38-22(21)23-24(15-5-7-36-8-6-15)41(40-39-23)13-14-9-16(26(29,30)31)11-17(10-14)27(32,33)34/h1-12H,13H2,(H2,35,38). The van der Waals surface area contributed by atoms with Gasteiger partial charge in [-0.2, -0.15) is 31.4 Å². The summed E-state index contributed by atoms with van der Waals surface area (Å²) in [5, 5.41) is 16.1. The molecule has 2 N–H and O–H groups in total. The average molecular weight is 604 g/mol. The summed E-state index contributed by atoms with van der Waals surface area (Å²) < 4.78 is 82.1. The maximum absolute atomic E-state index is 13.6. The lowest BCUT2D eigenvalue weighted by molar-refractivity contribution is -0.143. The van der Waals surface area contributed by atoms with Gasteiger partial charge in [-0.25, -0.2) is 4.68 Å². The quantitative estimate of drug-likeness (QED) is 0.178. The van der Waals surface area contributed by atoms with E-state index in [4.69, 9.17) is 17.3 Å². The third-order valence-corrected chi connectivity index (χ3v) is 6.45. The van der Waals surface area contributed by atoms with Gasteiger partial charge >= 0.3 is 12.4 Å². The van der Waals surface area contributed by atoms with Gasteiger partial charge in [-0.05, 0) is 48.0 Å². The van der Waals surface area contributed by atoms with Gasteiger partial charge in [0.2, 0.25) is 0 Å². The maximum atomic E-state index is 13.6. The fourth-order valence-electron chi connectivity index (χ4n) is 4.25. The van der Waals surface area contributed by atoms with E-state index in [1.165, 1.54) is 36.7 Å². The Morgan fingerprint density at radius 2 is 1.52 bits per heavy atom. The maximum Gasteiger partial charge on any atom is 0.416 e. The van der Waals surface area contributed by atoms with Crippen molar-refractivity contribution >= 4 is 23.1 Å². The van der Waals surface area contributed by atoms with Gasteiger partial charge in [-0.3, -0.25) is 9.78 Å². The molecule has 0 unspecified atom stereocenters. The third kappa shape index (κ3) is 5.65. The predicted octanol–water partition coefficient (Wildman–Crippen LogP) is 6.35. The van der Waals surface area contributed by atoms with Gasteiger partial charge in [-0.1, -0.05) is 28.9 Å². The summed E-state index contributed by atoms with van der Waals surface area (Å²) in [5.41, 5.74) is 3.02. The van der Waals surface area contributed by atoms with Crippen LogP contribution in [-0.4, -0.2) is 36.0 Å². The molecule has 5 rings (SSSR count). The Morgan fingerprint density at radius 3 is 2.14 bits per heavy atom. The first-order chi connectivity index (χ1) is 19.8. The van der Waals surface area contributed by atoms with Crippen molar-refractivity contribution in [1.82, 2.24) is 30.2 Å². The normalized spacial score (nSPS) is 12.0. The number of nitrogen functional groups attached to an aromatic ring is 1. The van der Waals surface area contributed by atoms with E-state index in [-0.39, 0.29) is 50.5 Å². The number of benzene rings is 2. The van der Waals surface area contributed by atoms with Crippen LogP contribution >= 0.6 is 11.6 Å². The zero-order chi connectivity index (χ0) is 30.2. The van der Waals surface area contributed by atoms with Crippen molar-refractivity contribution < 1.29 is 31.1 Å². The Labute approximate surface area is 237 Å². The van der Waals surface area contributed by atoms with Crippen molar-refractivity contribution in [3.63, 3.8) is 0 Å². The minimum atomic E-state index is -5.04. The van der Waals surface area contributed by atoms with Gasteiger partial charge in [0.1, 0.15) is 11.4 Å². The van der Waals surface area contributed by atoms with Crippen LogP contribution in [0, 0.1) is 0 Å². The lowest BCUT2D eigenvalue weighted by atomic mass is 9.98. The SMILES string of the molecule is Nc1cnnc(-c2nnn(Cc3cc(C(F)(F)F)cc(C(F)(F)F)c3)c2-c2ccncc2)c1C(=O)c1ccccc1Cl. The minimum Gasteiger partial charge on any atom is -0.397 e. The highest BCUT2D eigenvalue weighted by atomic mass is 35.5. The number of carbonyl (C=O) groups is 1.